The summed E-state index contributed by atoms with van der Waals surface area (Å²) in [5, 5.41) is 14.4. The maximum Gasteiger partial charge on any atom is 0.326 e. The van der Waals surface area contributed by atoms with Crippen LogP contribution >= 0.6 is 0 Å². The van der Waals surface area contributed by atoms with Crippen molar-refractivity contribution in [2.75, 3.05) is 5.32 Å². The molecule has 2 atom stereocenters. The number of aliphatic carboxylic acids is 1. The van der Waals surface area contributed by atoms with Crippen molar-refractivity contribution in [3.8, 4) is 0 Å². The van der Waals surface area contributed by atoms with E-state index in [2.05, 4.69) is 10.6 Å². The van der Waals surface area contributed by atoms with E-state index in [1.54, 1.807) is 13.0 Å². The van der Waals surface area contributed by atoms with Crippen LogP contribution in [0.15, 0.2) is 18.2 Å². The first-order chi connectivity index (χ1) is 9.36. The van der Waals surface area contributed by atoms with Crippen molar-refractivity contribution in [1.82, 2.24) is 5.32 Å². The Bertz CT molecular complexity index is 500. The highest BCUT2D eigenvalue weighted by atomic mass is 16.4. The van der Waals surface area contributed by atoms with Crippen molar-refractivity contribution in [2.45, 2.75) is 40.2 Å². The summed E-state index contributed by atoms with van der Waals surface area (Å²) in [6, 6.07) is 4.22. The Hall–Kier alpha value is -2.04. The lowest BCUT2D eigenvalue weighted by Crippen LogP contribution is -2.46. The highest BCUT2D eigenvalue weighted by Crippen LogP contribution is 2.18. The monoisotopic (exact) mass is 278 g/mol. The quantitative estimate of drug-likeness (QED) is 0.775. The van der Waals surface area contributed by atoms with Gasteiger partial charge in [-0.25, -0.2) is 9.59 Å². The number of amides is 2. The summed E-state index contributed by atoms with van der Waals surface area (Å²) in [7, 11) is 0. The fourth-order valence-corrected chi connectivity index (χ4v) is 1.87. The number of nitrogens with one attached hydrogen (secondary N) is 2. The molecule has 0 aliphatic rings. The molecule has 0 radical (unpaired) electrons. The van der Waals surface area contributed by atoms with Gasteiger partial charge in [0.15, 0.2) is 0 Å². The third-order valence-electron chi connectivity index (χ3n) is 3.62. The fourth-order valence-electron chi connectivity index (χ4n) is 1.87. The van der Waals surface area contributed by atoms with Gasteiger partial charge in [-0.3, -0.25) is 0 Å². The van der Waals surface area contributed by atoms with Crippen LogP contribution in [0.4, 0.5) is 10.5 Å². The van der Waals surface area contributed by atoms with E-state index in [4.69, 9.17) is 5.11 Å². The summed E-state index contributed by atoms with van der Waals surface area (Å²) in [5.74, 6) is -1.15. The predicted octanol–water partition coefficient (Wildman–Crippen LogP) is 2.92. The molecular weight excluding hydrogens is 256 g/mol. The van der Waals surface area contributed by atoms with Gasteiger partial charge in [0.2, 0.25) is 0 Å². The van der Waals surface area contributed by atoms with Crippen LogP contribution < -0.4 is 10.6 Å². The minimum Gasteiger partial charge on any atom is -0.480 e. The van der Waals surface area contributed by atoms with Gasteiger partial charge in [0.05, 0.1) is 0 Å². The highest BCUT2D eigenvalue weighted by molar-refractivity contribution is 5.93. The maximum absolute atomic E-state index is 11.9. The third kappa shape index (κ3) is 3.98. The number of rotatable bonds is 5. The van der Waals surface area contributed by atoms with E-state index in [9.17, 15) is 9.59 Å². The Labute approximate surface area is 119 Å². The summed E-state index contributed by atoms with van der Waals surface area (Å²) in [6.45, 7) is 7.56. The Morgan fingerprint density at radius 3 is 2.50 bits per heavy atom. The van der Waals surface area contributed by atoms with Crippen molar-refractivity contribution in [1.29, 1.82) is 0 Å². The standard InChI is InChI=1S/C15H22N2O3/c1-5-9(2)13(14(18)19)17-15(20)16-12-8-6-7-10(3)11(12)4/h6-9,13H,5H2,1-4H3,(H,18,19)(H2,16,17,20)/t9-,13+/m0/s1. The molecule has 0 saturated heterocycles. The van der Waals surface area contributed by atoms with Gasteiger partial charge in [0.1, 0.15) is 6.04 Å². The normalized spacial score (nSPS) is 13.4. The number of hydrogen-bond donors (Lipinski definition) is 3. The van der Waals surface area contributed by atoms with Crippen LogP contribution in [0.2, 0.25) is 0 Å². The van der Waals surface area contributed by atoms with Gasteiger partial charge in [0, 0.05) is 5.69 Å². The molecule has 5 nitrogen and oxygen atoms in total. The number of aryl methyl sites for hydroxylation is 1. The van der Waals surface area contributed by atoms with E-state index in [1.807, 2.05) is 32.9 Å². The van der Waals surface area contributed by atoms with Crippen LogP contribution in [0.5, 0.6) is 0 Å². The first-order valence-electron chi connectivity index (χ1n) is 6.73. The zero-order valence-corrected chi connectivity index (χ0v) is 12.4. The largest absolute Gasteiger partial charge is 0.480 e. The lowest BCUT2D eigenvalue weighted by atomic mass is 9.99. The number of carbonyl (C=O) groups is 2. The second-order valence-electron chi connectivity index (χ2n) is 5.05. The van der Waals surface area contributed by atoms with Crippen LogP contribution in [0.1, 0.15) is 31.4 Å². The minimum absolute atomic E-state index is 0.128. The number of carboxylic acid groups (broad SMARTS) is 1. The molecule has 20 heavy (non-hydrogen) atoms. The van der Waals surface area contributed by atoms with Crippen molar-refractivity contribution in [2.24, 2.45) is 5.92 Å². The third-order valence-corrected chi connectivity index (χ3v) is 3.62. The van der Waals surface area contributed by atoms with E-state index in [-0.39, 0.29) is 5.92 Å². The Morgan fingerprint density at radius 2 is 1.95 bits per heavy atom. The number of benzene rings is 1. The first kappa shape index (κ1) is 16.0. The van der Waals surface area contributed by atoms with Gasteiger partial charge < -0.3 is 15.7 Å². The topological polar surface area (TPSA) is 78.4 Å². The van der Waals surface area contributed by atoms with Gasteiger partial charge in [-0.2, -0.15) is 0 Å². The summed E-state index contributed by atoms with van der Waals surface area (Å²) < 4.78 is 0. The number of carbonyl (C=O) groups excluding carboxylic acids is 1. The van der Waals surface area contributed by atoms with Gasteiger partial charge in [-0.1, -0.05) is 32.4 Å². The van der Waals surface area contributed by atoms with E-state index in [0.29, 0.717) is 12.1 Å². The van der Waals surface area contributed by atoms with E-state index < -0.39 is 18.0 Å². The molecule has 0 fully saturated rings. The summed E-state index contributed by atoms with van der Waals surface area (Å²) in [4.78, 5) is 23.1. The molecule has 2 amide bonds. The molecule has 0 aliphatic carbocycles. The highest BCUT2D eigenvalue weighted by Gasteiger charge is 2.25. The minimum atomic E-state index is -1.02. The molecule has 1 rings (SSSR count). The molecule has 110 valence electrons. The van der Waals surface area contributed by atoms with Gasteiger partial charge in [-0.05, 0) is 37.0 Å². The summed E-state index contributed by atoms with van der Waals surface area (Å²) in [5.41, 5.74) is 2.73. The second kappa shape index (κ2) is 6.93. The zero-order valence-electron chi connectivity index (χ0n) is 12.4. The Morgan fingerprint density at radius 1 is 1.30 bits per heavy atom. The van der Waals surface area contributed by atoms with Gasteiger partial charge in [0.25, 0.3) is 0 Å². The van der Waals surface area contributed by atoms with Crippen LogP contribution in [0, 0.1) is 19.8 Å². The lowest BCUT2D eigenvalue weighted by Gasteiger charge is -2.20. The van der Waals surface area contributed by atoms with Crippen molar-refractivity contribution in [3.63, 3.8) is 0 Å². The average Bonchev–Trinajstić information content (AvgIpc) is 2.40. The molecule has 0 bridgehead atoms. The van der Waals surface area contributed by atoms with Gasteiger partial charge in [-0.15, -0.1) is 0 Å². The van der Waals surface area contributed by atoms with Crippen molar-refractivity contribution < 1.29 is 14.7 Å². The molecule has 0 saturated carbocycles. The first-order valence-corrected chi connectivity index (χ1v) is 6.73. The number of hydrogen-bond acceptors (Lipinski definition) is 2. The predicted molar refractivity (Wildman–Crippen MR) is 78.9 cm³/mol. The molecule has 0 aliphatic heterocycles. The molecule has 1 aromatic carbocycles. The fraction of sp³-hybridized carbons (Fsp3) is 0.467. The maximum atomic E-state index is 11.9. The van der Waals surface area contributed by atoms with Crippen LogP contribution in [0.25, 0.3) is 0 Å². The Kier molecular flexibility index (Phi) is 5.55. The number of carboxylic acids is 1. The Balaban J connectivity index is 2.76. The average molecular weight is 278 g/mol. The molecule has 5 heteroatoms. The zero-order chi connectivity index (χ0) is 15.3. The summed E-state index contributed by atoms with van der Waals surface area (Å²) >= 11 is 0. The van der Waals surface area contributed by atoms with E-state index in [1.165, 1.54) is 0 Å². The van der Waals surface area contributed by atoms with E-state index >= 15 is 0 Å². The van der Waals surface area contributed by atoms with Crippen molar-refractivity contribution >= 4 is 17.7 Å². The van der Waals surface area contributed by atoms with Crippen LogP contribution in [-0.2, 0) is 4.79 Å². The van der Waals surface area contributed by atoms with Gasteiger partial charge >= 0.3 is 12.0 Å². The van der Waals surface area contributed by atoms with Crippen LogP contribution in [0.3, 0.4) is 0 Å². The second-order valence-corrected chi connectivity index (χ2v) is 5.05. The molecule has 0 unspecified atom stereocenters. The number of anilines is 1. The molecule has 0 heterocycles. The SMILES string of the molecule is CC[C@H](C)[C@@H](NC(=O)Nc1cccc(C)c1C)C(=O)O. The van der Waals surface area contributed by atoms with Crippen molar-refractivity contribution in [3.05, 3.63) is 29.3 Å². The van der Waals surface area contributed by atoms with Crippen LogP contribution in [-0.4, -0.2) is 23.1 Å². The smallest absolute Gasteiger partial charge is 0.326 e. The molecule has 0 aromatic heterocycles. The molecule has 0 spiro atoms. The molecule has 3 N–H and O–H groups in total. The summed E-state index contributed by atoms with van der Waals surface area (Å²) in [6.07, 6.45) is 0.681. The number of urea groups is 1. The van der Waals surface area contributed by atoms with E-state index in [0.717, 1.165) is 11.1 Å². The lowest BCUT2D eigenvalue weighted by molar-refractivity contribution is -0.140. The molecule has 1 aromatic rings. The molecular formula is C15H22N2O3.